The minimum Gasteiger partial charge on any atom is -0.306 e. The van der Waals surface area contributed by atoms with E-state index in [9.17, 15) is 0 Å². The maximum atomic E-state index is 2.47. The summed E-state index contributed by atoms with van der Waals surface area (Å²) in [7, 11) is 4.44. The molecule has 0 unspecified atom stereocenters. The molecule has 0 aromatic heterocycles. The SMILES string of the molecule is CCC.CCCC.CCN(C)C1CCN(C)CC1. The van der Waals surface area contributed by atoms with E-state index in [1.807, 2.05) is 0 Å². The van der Waals surface area contributed by atoms with Gasteiger partial charge in [-0.25, -0.2) is 0 Å². The fourth-order valence-electron chi connectivity index (χ4n) is 1.69. The van der Waals surface area contributed by atoms with E-state index < -0.39 is 0 Å². The molecule has 1 rings (SSSR count). The van der Waals surface area contributed by atoms with Crippen molar-refractivity contribution in [1.82, 2.24) is 9.80 Å². The Labute approximate surface area is 117 Å². The molecule has 0 amide bonds. The predicted molar refractivity (Wildman–Crippen MR) is 85.4 cm³/mol. The summed E-state index contributed by atoms with van der Waals surface area (Å²) in [6, 6.07) is 0.844. The van der Waals surface area contributed by atoms with Crippen molar-refractivity contribution in [2.75, 3.05) is 33.7 Å². The Morgan fingerprint density at radius 3 is 1.61 bits per heavy atom. The highest BCUT2D eigenvalue weighted by Crippen LogP contribution is 2.13. The average molecular weight is 258 g/mol. The molecule has 0 N–H and O–H groups in total. The van der Waals surface area contributed by atoms with Crippen molar-refractivity contribution in [2.45, 2.75) is 72.8 Å². The van der Waals surface area contributed by atoms with Gasteiger partial charge < -0.3 is 9.80 Å². The van der Waals surface area contributed by atoms with Crippen molar-refractivity contribution in [3.63, 3.8) is 0 Å². The predicted octanol–water partition coefficient (Wildman–Crippen LogP) is 4.26. The molecule has 0 saturated carbocycles. The zero-order valence-corrected chi connectivity index (χ0v) is 14.1. The summed E-state index contributed by atoms with van der Waals surface area (Å²) in [5, 5.41) is 0. The highest BCUT2D eigenvalue weighted by Gasteiger charge is 2.18. The fraction of sp³-hybridized carbons (Fsp3) is 1.00. The molecule has 0 radical (unpaired) electrons. The topological polar surface area (TPSA) is 6.48 Å². The molecule has 1 heterocycles. The van der Waals surface area contributed by atoms with Gasteiger partial charge in [-0.15, -0.1) is 0 Å². The van der Waals surface area contributed by atoms with E-state index in [1.165, 1.54) is 51.7 Å². The largest absolute Gasteiger partial charge is 0.306 e. The Morgan fingerprint density at radius 2 is 1.33 bits per heavy atom. The lowest BCUT2D eigenvalue weighted by Gasteiger charge is -2.34. The van der Waals surface area contributed by atoms with Crippen LogP contribution in [0.2, 0.25) is 0 Å². The zero-order chi connectivity index (χ0) is 14.4. The molecule has 1 fully saturated rings. The quantitative estimate of drug-likeness (QED) is 0.746. The molecule has 2 nitrogen and oxygen atoms in total. The first kappa shape index (κ1) is 20.2. The Morgan fingerprint density at radius 1 is 0.944 bits per heavy atom. The van der Waals surface area contributed by atoms with Crippen LogP contribution in [0, 0.1) is 0 Å². The molecule has 1 aliphatic heterocycles. The average Bonchev–Trinajstić information content (AvgIpc) is 2.40. The van der Waals surface area contributed by atoms with E-state index in [0.29, 0.717) is 0 Å². The Hall–Kier alpha value is -0.0800. The van der Waals surface area contributed by atoms with Crippen molar-refractivity contribution < 1.29 is 0 Å². The van der Waals surface area contributed by atoms with Gasteiger partial charge in [-0.3, -0.25) is 0 Å². The summed E-state index contributed by atoms with van der Waals surface area (Å²) in [6.45, 7) is 14.6. The lowest BCUT2D eigenvalue weighted by atomic mass is 10.0. The van der Waals surface area contributed by atoms with Crippen molar-refractivity contribution in [2.24, 2.45) is 0 Å². The molecule has 2 heteroatoms. The molecule has 1 aliphatic rings. The third-order valence-electron chi connectivity index (χ3n) is 3.31. The minimum atomic E-state index is 0.844. The molecule has 112 valence electrons. The molecule has 0 atom stereocenters. The molecule has 0 spiro atoms. The molecule has 0 aliphatic carbocycles. The smallest absolute Gasteiger partial charge is 0.0116 e. The number of rotatable bonds is 3. The number of hydrogen-bond donors (Lipinski definition) is 0. The van der Waals surface area contributed by atoms with Crippen LogP contribution in [-0.4, -0.2) is 49.6 Å². The van der Waals surface area contributed by atoms with Gasteiger partial charge in [0, 0.05) is 6.04 Å². The Balaban J connectivity index is 0. The van der Waals surface area contributed by atoms with Crippen LogP contribution in [-0.2, 0) is 0 Å². The van der Waals surface area contributed by atoms with E-state index >= 15 is 0 Å². The van der Waals surface area contributed by atoms with Crippen LogP contribution in [0.25, 0.3) is 0 Å². The maximum absolute atomic E-state index is 2.47. The number of unbranched alkanes of at least 4 members (excludes halogenated alkanes) is 1. The van der Waals surface area contributed by atoms with E-state index in [4.69, 9.17) is 0 Å². The molecule has 1 saturated heterocycles. The fourth-order valence-corrected chi connectivity index (χ4v) is 1.69. The van der Waals surface area contributed by atoms with Crippen molar-refractivity contribution in [1.29, 1.82) is 0 Å². The summed E-state index contributed by atoms with van der Waals surface area (Å²) in [4.78, 5) is 4.88. The number of likely N-dealkylation sites (tertiary alicyclic amines) is 1. The van der Waals surface area contributed by atoms with E-state index in [1.54, 1.807) is 0 Å². The highest BCUT2D eigenvalue weighted by molar-refractivity contribution is 4.75. The van der Waals surface area contributed by atoms with Gasteiger partial charge >= 0.3 is 0 Å². The summed E-state index contributed by atoms with van der Waals surface area (Å²) in [5.41, 5.74) is 0. The van der Waals surface area contributed by atoms with Gasteiger partial charge in [-0.2, -0.15) is 0 Å². The summed E-state index contributed by atoms with van der Waals surface area (Å²) in [6.07, 6.45) is 6.59. The van der Waals surface area contributed by atoms with Crippen LogP contribution >= 0.6 is 0 Å². The van der Waals surface area contributed by atoms with Gasteiger partial charge in [0.1, 0.15) is 0 Å². The molecule has 0 aromatic carbocycles. The van der Waals surface area contributed by atoms with Gasteiger partial charge in [0.2, 0.25) is 0 Å². The van der Waals surface area contributed by atoms with Crippen LogP contribution in [0.5, 0.6) is 0 Å². The first-order valence-electron chi connectivity index (χ1n) is 7.95. The van der Waals surface area contributed by atoms with Crippen LogP contribution in [0.3, 0.4) is 0 Å². The normalized spacial score (nSPS) is 16.7. The van der Waals surface area contributed by atoms with Crippen LogP contribution in [0.4, 0.5) is 0 Å². The second-order valence-electron chi connectivity index (χ2n) is 5.31. The van der Waals surface area contributed by atoms with Gasteiger partial charge in [0.05, 0.1) is 0 Å². The molecular formula is C16H38N2. The molecular weight excluding hydrogens is 220 g/mol. The molecule has 18 heavy (non-hydrogen) atoms. The Bertz CT molecular complexity index is 138. The first-order valence-corrected chi connectivity index (χ1v) is 7.95. The van der Waals surface area contributed by atoms with Crippen molar-refractivity contribution in [3.8, 4) is 0 Å². The highest BCUT2D eigenvalue weighted by atomic mass is 15.2. The lowest BCUT2D eigenvalue weighted by molar-refractivity contribution is 0.149. The van der Waals surface area contributed by atoms with Crippen LogP contribution < -0.4 is 0 Å². The van der Waals surface area contributed by atoms with Crippen LogP contribution in [0.15, 0.2) is 0 Å². The van der Waals surface area contributed by atoms with E-state index in [0.717, 1.165) is 6.04 Å². The third kappa shape index (κ3) is 12.4. The van der Waals surface area contributed by atoms with Crippen LogP contribution in [0.1, 0.15) is 66.7 Å². The maximum Gasteiger partial charge on any atom is 0.0116 e. The second kappa shape index (κ2) is 15.0. The number of nitrogens with zero attached hydrogens (tertiary/aromatic N) is 2. The monoisotopic (exact) mass is 258 g/mol. The first-order chi connectivity index (χ1) is 8.56. The molecule has 0 aromatic rings. The molecule has 0 bridgehead atoms. The number of piperidine rings is 1. The van der Waals surface area contributed by atoms with Gasteiger partial charge in [0.25, 0.3) is 0 Å². The summed E-state index contributed by atoms with van der Waals surface area (Å²) >= 11 is 0. The van der Waals surface area contributed by atoms with Gasteiger partial charge in [-0.1, -0.05) is 53.9 Å². The minimum absolute atomic E-state index is 0.844. The standard InChI is InChI=1S/C9H20N2.C4H10.C3H8/c1-4-11(3)9-5-7-10(2)8-6-9;1-3-4-2;1-3-2/h9H,4-8H2,1-3H3;3-4H2,1-2H3;3H2,1-2H3. The number of hydrogen-bond acceptors (Lipinski definition) is 2. The summed E-state index contributed by atoms with van der Waals surface area (Å²) in [5.74, 6) is 0. The summed E-state index contributed by atoms with van der Waals surface area (Å²) < 4.78 is 0. The van der Waals surface area contributed by atoms with Gasteiger partial charge in [0.15, 0.2) is 0 Å². The Kier molecular flexibility index (Phi) is 16.8. The zero-order valence-electron chi connectivity index (χ0n) is 14.1. The second-order valence-corrected chi connectivity index (χ2v) is 5.31. The van der Waals surface area contributed by atoms with E-state index in [2.05, 4.69) is 58.5 Å². The van der Waals surface area contributed by atoms with Gasteiger partial charge in [-0.05, 0) is 46.6 Å². The van der Waals surface area contributed by atoms with E-state index in [-0.39, 0.29) is 0 Å². The lowest BCUT2D eigenvalue weighted by Crippen LogP contribution is -2.41. The van der Waals surface area contributed by atoms with Crippen molar-refractivity contribution in [3.05, 3.63) is 0 Å². The third-order valence-corrected chi connectivity index (χ3v) is 3.31. The van der Waals surface area contributed by atoms with Crippen molar-refractivity contribution >= 4 is 0 Å².